The molecule has 0 aliphatic carbocycles. The maximum atomic E-state index is 13.8. The summed E-state index contributed by atoms with van der Waals surface area (Å²) in [6.07, 6.45) is 0.589. The normalized spacial score (nSPS) is 11.2. The third kappa shape index (κ3) is 2.80. The Hall–Kier alpha value is -1.10. The van der Waals surface area contributed by atoms with Crippen molar-refractivity contribution in [2.45, 2.75) is 6.42 Å². The van der Waals surface area contributed by atoms with Crippen molar-refractivity contribution in [1.82, 2.24) is 9.55 Å². The first-order valence-corrected chi connectivity index (χ1v) is 7.99. The Kier molecular flexibility index (Phi) is 4.20. The topological polar surface area (TPSA) is 17.8 Å². The molecular formula is C15H10BrCl2FN2. The molecule has 0 amide bonds. The molecule has 0 fully saturated rings. The lowest BCUT2D eigenvalue weighted by Crippen LogP contribution is -2.02. The van der Waals surface area contributed by atoms with Gasteiger partial charge in [-0.25, -0.2) is 9.37 Å². The first kappa shape index (κ1) is 14.8. The molecule has 3 rings (SSSR count). The van der Waals surface area contributed by atoms with E-state index in [1.54, 1.807) is 6.07 Å². The highest BCUT2D eigenvalue weighted by molar-refractivity contribution is 9.10. The summed E-state index contributed by atoms with van der Waals surface area (Å²) < 4.78 is 16.7. The quantitative estimate of drug-likeness (QED) is 0.553. The van der Waals surface area contributed by atoms with Crippen molar-refractivity contribution < 1.29 is 4.39 Å². The van der Waals surface area contributed by atoms with Gasteiger partial charge in [0.25, 0.3) is 0 Å². The van der Waals surface area contributed by atoms with Gasteiger partial charge in [-0.05, 0) is 30.3 Å². The Morgan fingerprint density at radius 1 is 1.19 bits per heavy atom. The van der Waals surface area contributed by atoms with E-state index in [0.29, 0.717) is 23.3 Å². The zero-order valence-corrected chi connectivity index (χ0v) is 13.9. The Labute approximate surface area is 139 Å². The van der Waals surface area contributed by atoms with E-state index >= 15 is 0 Å². The second kappa shape index (κ2) is 5.95. The molecule has 0 aliphatic rings. The van der Waals surface area contributed by atoms with Crippen molar-refractivity contribution in [3.05, 3.63) is 57.5 Å². The molecule has 0 N–H and O–H groups in total. The highest BCUT2D eigenvalue weighted by atomic mass is 79.9. The highest BCUT2D eigenvalue weighted by Crippen LogP contribution is 2.27. The van der Waals surface area contributed by atoms with Crippen molar-refractivity contribution in [1.29, 1.82) is 0 Å². The molecule has 1 aromatic heterocycles. The number of aromatic nitrogens is 2. The average molecular weight is 388 g/mol. The zero-order valence-electron chi connectivity index (χ0n) is 10.8. The molecule has 0 spiro atoms. The van der Waals surface area contributed by atoms with Crippen LogP contribution in [0, 0.1) is 5.82 Å². The molecular weight excluding hydrogens is 378 g/mol. The lowest BCUT2D eigenvalue weighted by atomic mass is 10.2. The molecule has 2 aromatic carbocycles. The first-order valence-electron chi connectivity index (χ1n) is 6.28. The maximum Gasteiger partial charge on any atom is 0.144 e. The number of fused-ring (bicyclic) bond motifs is 1. The maximum absolute atomic E-state index is 13.8. The minimum absolute atomic E-state index is 0.0698. The van der Waals surface area contributed by atoms with Crippen molar-refractivity contribution in [2.24, 2.45) is 0 Å². The van der Waals surface area contributed by atoms with E-state index in [0.717, 1.165) is 16.0 Å². The van der Waals surface area contributed by atoms with Gasteiger partial charge in [-0.15, -0.1) is 11.6 Å². The summed E-state index contributed by atoms with van der Waals surface area (Å²) >= 11 is 15.1. The Balaban J connectivity index is 2.29. The number of nitrogens with zero attached hydrogens (tertiary/aromatic N) is 2. The van der Waals surface area contributed by atoms with Crippen LogP contribution in [0.2, 0.25) is 5.02 Å². The van der Waals surface area contributed by atoms with Crippen LogP contribution >= 0.6 is 39.1 Å². The standard InChI is InChI=1S/C15H10BrCl2FN2/c16-9-1-3-10(4-2-9)21-14-8-12(19)11(18)7-13(14)20-15(21)5-6-17/h1-4,7-8H,5-6H2. The number of hydrogen-bond acceptors (Lipinski definition) is 1. The van der Waals surface area contributed by atoms with E-state index in [2.05, 4.69) is 20.9 Å². The van der Waals surface area contributed by atoms with Crippen molar-refractivity contribution in [2.75, 3.05) is 5.88 Å². The molecule has 3 aromatic rings. The minimum atomic E-state index is -0.458. The fraction of sp³-hybridized carbons (Fsp3) is 0.133. The molecule has 21 heavy (non-hydrogen) atoms. The SMILES string of the molecule is Fc1cc2c(cc1Cl)nc(CCCl)n2-c1ccc(Br)cc1. The van der Waals surface area contributed by atoms with Gasteiger partial charge < -0.3 is 0 Å². The van der Waals surface area contributed by atoms with Crippen LogP contribution in [0.5, 0.6) is 0 Å². The summed E-state index contributed by atoms with van der Waals surface area (Å²) in [6.45, 7) is 0. The molecule has 1 heterocycles. The number of benzene rings is 2. The molecule has 0 aliphatic heterocycles. The van der Waals surface area contributed by atoms with E-state index in [4.69, 9.17) is 23.2 Å². The largest absolute Gasteiger partial charge is 0.296 e. The van der Waals surface area contributed by atoms with Gasteiger partial charge in [-0.1, -0.05) is 27.5 Å². The predicted octanol–water partition coefficient (Wildman–Crippen LogP) is 5.36. The Bertz CT molecular complexity index is 800. The molecule has 0 saturated heterocycles. The van der Waals surface area contributed by atoms with Crippen LogP contribution in [0.4, 0.5) is 4.39 Å². The van der Waals surface area contributed by atoms with Crippen LogP contribution < -0.4 is 0 Å². The molecule has 108 valence electrons. The lowest BCUT2D eigenvalue weighted by Gasteiger charge is -2.09. The minimum Gasteiger partial charge on any atom is -0.296 e. The summed E-state index contributed by atoms with van der Waals surface area (Å²) in [6, 6.07) is 10.7. The number of halogens is 4. The van der Waals surface area contributed by atoms with Crippen molar-refractivity contribution >= 4 is 50.2 Å². The van der Waals surface area contributed by atoms with Gasteiger partial charge in [-0.2, -0.15) is 0 Å². The van der Waals surface area contributed by atoms with Crippen LogP contribution in [0.1, 0.15) is 5.82 Å². The summed E-state index contributed by atoms with van der Waals surface area (Å²) in [5, 5.41) is 0.0698. The lowest BCUT2D eigenvalue weighted by molar-refractivity contribution is 0.629. The van der Waals surface area contributed by atoms with Gasteiger partial charge in [0.1, 0.15) is 11.6 Å². The van der Waals surface area contributed by atoms with Crippen molar-refractivity contribution in [3.63, 3.8) is 0 Å². The van der Waals surface area contributed by atoms with Crippen molar-refractivity contribution in [3.8, 4) is 5.69 Å². The summed E-state index contributed by atoms with van der Waals surface area (Å²) in [5.74, 6) is 0.764. The van der Waals surface area contributed by atoms with E-state index in [1.165, 1.54) is 6.07 Å². The zero-order chi connectivity index (χ0) is 15.0. The molecule has 0 unspecified atom stereocenters. The van der Waals surface area contributed by atoms with Crippen LogP contribution in [0.15, 0.2) is 40.9 Å². The molecule has 0 saturated carbocycles. The average Bonchev–Trinajstić information content (AvgIpc) is 2.78. The fourth-order valence-corrected chi connectivity index (χ4v) is 2.84. The summed E-state index contributed by atoms with van der Waals surface area (Å²) in [4.78, 5) is 4.52. The summed E-state index contributed by atoms with van der Waals surface area (Å²) in [5.41, 5.74) is 2.24. The van der Waals surface area contributed by atoms with Gasteiger partial charge in [-0.3, -0.25) is 4.57 Å². The monoisotopic (exact) mass is 386 g/mol. The van der Waals surface area contributed by atoms with Gasteiger partial charge in [0.05, 0.1) is 16.1 Å². The van der Waals surface area contributed by atoms with Crippen LogP contribution in [-0.2, 0) is 6.42 Å². The van der Waals surface area contributed by atoms with Gasteiger partial charge >= 0.3 is 0 Å². The van der Waals surface area contributed by atoms with Gasteiger partial charge in [0.15, 0.2) is 0 Å². The second-order valence-corrected chi connectivity index (χ2v) is 6.23. The van der Waals surface area contributed by atoms with E-state index in [-0.39, 0.29) is 5.02 Å². The smallest absolute Gasteiger partial charge is 0.144 e. The highest BCUT2D eigenvalue weighted by Gasteiger charge is 2.14. The number of hydrogen-bond donors (Lipinski definition) is 0. The van der Waals surface area contributed by atoms with Gasteiger partial charge in [0, 0.05) is 28.5 Å². The van der Waals surface area contributed by atoms with Crippen LogP contribution in [0.25, 0.3) is 16.7 Å². The van der Waals surface area contributed by atoms with E-state index in [1.807, 2.05) is 28.8 Å². The van der Waals surface area contributed by atoms with Crippen LogP contribution in [0.3, 0.4) is 0 Å². The molecule has 0 radical (unpaired) electrons. The third-order valence-corrected chi connectivity index (χ3v) is 4.18. The molecule has 0 bridgehead atoms. The van der Waals surface area contributed by atoms with Crippen LogP contribution in [-0.4, -0.2) is 15.4 Å². The Morgan fingerprint density at radius 3 is 2.57 bits per heavy atom. The van der Waals surface area contributed by atoms with E-state index in [9.17, 15) is 4.39 Å². The number of rotatable bonds is 3. The third-order valence-electron chi connectivity index (χ3n) is 3.17. The summed E-state index contributed by atoms with van der Waals surface area (Å²) in [7, 11) is 0. The number of alkyl halides is 1. The molecule has 6 heteroatoms. The number of imidazole rings is 1. The van der Waals surface area contributed by atoms with E-state index < -0.39 is 5.82 Å². The first-order chi connectivity index (χ1) is 10.1. The second-order valence-electron chi connectivity index (χ2n) is 4.53. The molecule has 2 nitrogen and oxygen atoms in total. The molecule has 0 atom stereocenters. The fourth-order valence-electron chi connectivity index (χ4n) is 2.25. The number of aryl methyl sites for hydroxylation is 1. The predicted molar refractivity (Wildman–Crippen MR) is 88.2 cm³/mol. The Morgan fingerprint density at radius 2 is 1.90 bits per heavy atom. The van der Waals surface area contributed by atoms with Gasteiger partial charge in [0.2, 0.25) is 0 Å².